The van der Waals surface area contributed by atoms with E-state index in [1.165, 1.54) is 11.1 Å². The number of carboxylic acids is 1. The molecule has 0 radical (unpaired) electrons. The Hall–Kier alpha value is -2.08. The molecule has 2 atom stereocenters. The Bertz CT molecular complexity index is 573. The zero-order valence-electron chi connectivity index (χ0n) is 11.6. The molecule has 1 heterocycles. The zero-order chi connectivity index (χ0) is 14.8. The van der Waals surface area contributed by atoms with Crippen LogP contribution in [0.3, 0.4) is 0 Å². The third kappa shape index (κ3) is 3.00. The van der Waals surface area contributed by atoms with E-state index in [1.54, 1.807) is 0 Å². The van der Waals surface area contributed by atoms with E-state index in [4.69, 9.17) is 9.84 Å². The normalized spacial score (nSPS) is 23.6. The van der Waals surface area contributed by atoms with Gasteiger partial charge >= 0.3 is 12.0 Å². The molecule has 1 saturated heterocycles. The van der Waals surface area contributed by atoms with Gasteiger partial charge in [-0.15, -0.1) is 0 Å². The molecule has 0 spiro atoms. The number of benzene rings is 1. The van der Waals surface area contributed by atoms with Crippen LogP contribution in [0.4, 0.5) is 10.5 Å². The molecular weight excluding hydrogens is 272 g/mol. The Morgan fingerprint density at radius 1 is 1.19 bits per heavy atom. The van der Waals surface area contributed by atoms with Crippen molar-refractivity contribution in [1.82, 2.24) is 5.32 Å². The van der Waals surface area contributed by atoms with Gasteiger partial charge in [0.15, 0.2) is 0 Å². The van der Waals surface area contributed by atoms with Gasteiger partial charge in [0.1, 0.15) is 5.92 Å². The largest absolute Gasteiger partial charge is 0.481 e. The first kappa shape index (κ1) is 13.9. The maximum atomic E-state index is 12.0. The zero-order valence-corrected chi connectivity index (χ0v) is 11.6. The van der Waals surface area contributed by atoms with Crippen LogP contribution in [-0.2, 0) is 22.4 Å². The van der Waals surface area contributed by atoms with E-state index in [9.17, 15) is 9.59 Å². The van der Waals surface area contributed by atoms with Crippen molar-refractivity contribution in [2.24, 2.45) is 5.92 Å². The number of carboxylic acid groups (broad SMARTS) is 1. The lowest BCUT2D eigenvalue weighted by Crippen LogP contribution is -2.44. The highest BCUT2D eigenvalue weighted by Gasteiger charge is 2.35. The summed E-state index contributed by atoms with van der Waals surface area (Å²) < 4.78 is 5.12. The van der Waals surface area contributed by atoms with Crippen molar-refractivity contribution in [2.45, 2.75) is 25.3 Å². The summed E-state index contributed by atoms with van der Waals surface area (Å²) >= 11 is 0. The molecular formula is C15H18N2O4. The number of carbonyl (C=O) groups is 2. The van der Waals surface area contributed by atoms with Crippen LogP contribution >= 0.6 is 0 Å². The minimum Gasteiger partial charge on any atom is -0.481 e. The fourth-order valence-corrected chi connectivity index (χ4v) is 2.93. The average Bonchev–Trinajstić information content (AvgIpc) is 3.06. The van der Waals surface area contributed by atoms with Gasteiger partial charge in [0.2, 0.25) is 0 Å². The van der Waals surface area contributed by atoms with Crippen LogP contribution < -0.4 is 10.6 Å². The van der Waals surface area contributed by atoms with Gasteiger partial charge in [-0.1, -0.05) is 6.07 Å². The molecule has 6 nitrogen and oxygen atoms in total. The van der Waals surface area contributed by atoms with E-state index >= 15 is 0 Å². The molecule has 6 heteroatoms. The van der Waals surface area contributed by atoms with Crippen LogP contribution in [-0.4, -0.2) is 36.4 Å². The first-order valence-corrected chi connectivity index (χ1v) is 7.13. The lowest BCUT2D eigenvalue weighted by molar-refractivity contribution is -0.142. The number of hydrogen-bond acceptors (Lipinski definition) is 3. The molecule has 0 aromatic heterocycles. The van der Waals surface area contributed by atoms with Crippen LogP contribution in [0.1, 0.15) is 17.5 Å². The van der Waals surface area contributed by atoms with Crippen LogP contribution in [0, 0.1) is 5.92 Å². The standard InChI is InChI=1S/C15H18N2O4/c18-14(19)12-7-21-8-13(12)17-15(20)16-11-5-4-9-2-1-3-10(9)6-11/h4-6,12-13H,1-3,7-8H2,(H,18,19)(H2,16,17,20). The van der Waals surface area contributed by atoms with Gasteiger partial charge in [-0.3, -0.25) is 4.79 Å². The molecule has 21 heavy (non-hydrogen) atoms. The van der Waals surface area contributed by atoms with E-state index in [1.807, 2.05) is 18.2 Å². The van der Waals surface area contributed by atoms with Crippen LogP contribution in [0.2, 0.25) is 0 Å². The predicted molar refractivity (Wildman–Crippen MR) is 76.4 cm³/mol. The molecule has 3 N–H and O–H groups in total. The van der Waals surface area contributed by atoms with Crippen molar-refractivity contribution >= 4 is 17.7 Å². The molecule has 0 saturated carbocycles. The minimum atomic E-state index is -0.949. The van der Waals surface area contributed by atoms with Gasteiger partial charge in [-0.25, -0.2) is 4.79 Å². The fourth-order valence-electron chi connectivity index (χ4n) is 2.93. The van der Waals surface area contributed by atoms with Crippen molar-refractivity contribution < 1.29 is 19.4 Å². The Morgan fingerprint density at radius 3 is 2.81 bits per heavy atom. The molecule has 2 amide bonds. The summed E-state index contributed by atoms with van der Waals surface area (Å²) in [5.41, 5.74) is 3.36. The third-order valence-electron chi connectivity index (χ3n) is 4.07. The van der Waals surface area contributed by atoms with Crippen molar-refractivity contribution in [2.75, 3.05) is 18.5 Å². The quantitative estimate of drug-likeness (QED) is 0.785. The number of nitrogens with one attached hydrogen (secondary N) is 2. The van der Waals surface area contributed by atoms with Crippen LogP contribution in [0.25, 0.3) is 0 Å². The Kier molecular flexibility index (Phi) is 3.79. The number of amides is 2. The highest BCUT2D eigenvalue weighted by atomic mass is 16.5. The van der Waals surface area contributed by atoms with Gasteiger partial charge in [-0.2, -0.15) is 0 Å². The molecule has 1 aromatic rings. The molecule has 1 aliphatic carbocycles. The maximum Gasteiger partial charge on any atom is 0.319 e. The Labute approximate surface area is 122 Å². The maximum absolute atomic E-state index is 12.0. The molecule has 2 aliphatic rings. The number of rotatable bonds is 3. The van der Waals surface area contributed by atoms with Crippen molar-refractivity contribution in [3.63, 3.8) is 0 Å². The molecule has 1 aromatic carbocycles. The molecule has 112 valence electrons. The van der Waals surface area contributed by atoms with Crippen LogP contribution in [0.5, 0.6) is 0 Å². The van der Waals surface area contributed by atoms with Crippen molar-refractivity contribution in [3.05, 3.63) is 29.3 Å². The summed E-state index contributed by atoms with van der Waals surface area (Å²) in [7, 11) is 0. The van der Waals surface area contributed by atoms with Gasteiger partial charge in [0.25, 0.3) is 0 Å². The number of anilines is 1. The van der Waals surface area contributed by atoms with Gasteiger partial charge in [0.05, 0.1) is 19.3 Å². The first-order valence-electron chi connectivity index (χ1n) is 7.13. The summed E-state index contributed by atoms with van der Waals surface area (Å²) in [4.78, 5) is 23.0. The number of hydrogen-bond donors (Lipinski definition) is 3. The highest BCUT2D eigenvalue weighted by molar-refractivity contribution is 5.90. The second kappa shape index (κ2) is 5.73. The Morgan fingerprint density at radius 2 is 2.00 bits per heavy atom. The summed E-state index contributed by atoms with van der Waals surface area (Å²) in [5.74, 6) is -1.63. The van der Waals surface area contributed by atoms with Crippen molar-refractivity contribution in [1.29, 1.82) is 0 Å². The Balaban J connectivity index is 1.60. The van der Waals surface area contributed by atoms with E-state index < -0.39 is 24.0 Å². The van der Waals surface area contributed by atoms with Crippen LogP contribution in [0.15, 0.2) is 18.2 Å². The van der Waals surface area contributed by atoms with E-state index in [-0.39, 0.29) is 13.2 Å². The fraction of sp³-hybridized carbons (Fsp3) is 0.467. The van der Waals surface area contributed by atoms with E-state index in [2.05, 4.69) is 10.6 Å². The van der Waals surface area contributed by atoms with Crippen molar-refractivity contribution in [3.8, 4) is 0 Å². The second-order valence-corrected chi connectivity index (χ2v) is 5.52. The minimum absolute atomic E-state index is 0.138. The molecule has 3 rings (SSSR count). The second-order valence-electron chi connectivity index (χ2n) is 5.52. The first-order chi connectivity index (χ1) is 10.1. The lowest BCUT2D eigenvalue weighted by atomic mass is 10.0. The monoisotopic (exact) mass is 290 g/mol. The van der Waals surface area contributed by atoms with E-state index in [0.717, 1.165) is 24.9 Å². The van der Waals surface area contributed by atoms with Gasteiger partial charge < -0.3 is 20.5 Å². The molecule has 0 bridgehead atoms. The summed E-state index contributed by atoms with van der Waals surface area (Å²) in [6.07, 6.45) is 3.30. The molecule has 2 unspecified atom stereocenters. The number of fused-ring (bicyclic) bond motifs is 1. The highest BCUT2D eigenvalue weighted by Crippen LogP contribution is 2.25. The smallest absolute Gasteiger partial charge is 0.319 e. The average molecular weight is 290 g/mol. The SMILES string of the molecule is O=C(Nc1ccc2c(c1)CCC2)NC1COCC1C(=O)O. The topological polar surface area (TPSA) is 87.7 Å². The van der Waals surface area contributed by atoms with Gasteiger partial charge in [-0.05, 0) is 42.5 Å². The number of urea groups is 1. The summed E-state index contributed by atoms with van der Waals surface area (Å²) in [6.45, 7) is 0.369. The number of aryl methyl sites for hydroxylation is 2. The molecule has 1 aliphatic heterocycles. The summed E-state index contributed by atoms with van der Waals surface area (Å²) in [5, 5.41) is 14.5. The third-order valence-corrected chi connectivity index (χ3v) is 4.07. The van der Waals surface area contributed by atoms with E-state index in [0.29, 0.717) is 0 Å². The lowest BCUT2D eigenvalue weighted by Gasteiger charge is -2.16. The number of ether oxygens (including phenoxy) is 1. The number of aliphatic carboxylic acids is 1. The number of carbonyl (C=O) groups excluding carboxylic acids is 1. The summed E-state index contributed by atoms with van der Waals surface area (Å²) in [6, 6.07) is 5.02. The van der Waals surface area contributed by atoms with Gasteiger partial charge in [0, 0.05) is 5.69 Å². The predicted octanol–water partition coefficient (Wildman–Crippen LogP) is 1.40. The molecule has 1 fully saturated rings.